The minimum atomic E-state index is -2.93. The van der Waals surface area contributed by atoms with Gasteiger partial charge in [0.1, 0.15) is 11.6 Å². The summed E-state index contributed by atoms with van der Waals surface area (Å²) in [5.74, 6) is -2.74. The number of anilines is 1. The van der Waals surface area contributed by atoms with Crippen LogP contribution in [-0.4, -0.2) is 27.3 Å². The number of carbonyl (C=O) groups excluding carboxylic acids is 1. The van der Waals surface area contributed by atoms with E-state index in [2.05, 4.69) is 20.1 Å². The number of nitrogens with one attached hydrogen (secondary N) is 1. The molecule has 0 unspecified atom stereocenters. The van der Waals surface area contributed by atoms with Crippen molar-refractivity contribution in [2.75, 3.05) is 5.32 Å². The normalized spacial score (nSPS) is 10.9. The lowest BCUT2D eigenvalue weighted by Gasteiger charge is -2.06. The van der Waals surface area contributed by atoms with Crippen LogP contribution >= 0.6 is 0 Å². The SMILES string of the molecule is Cc1nc(C(=O)Nc2ccc(F)c(F)c2)nn1-c1ccc(OC(F)F)cc1. The minimum absolute atomic E-state index is 0.0252. The third-order valence-electron chi connectivity index (χ3n) is 3.46. The van der Waals surface area contributed by atoms with Crippen LogP contribution < -0.4 is 10.1 Å². The van der Waals surface area contributed by atoms with E-state index in [-0.39, 0.29) is 17.3 Å². The highest BCUT2D eigenvalue weighted by Crippen LogP contribution is 2.18. The summed E-state index contributed by atoms with van der Waals surface area (Å²) in [7, 11) is 0. The fourth-order valence-corrected chi connectivity index (χ4v) is 2.26. The lowest BCUT2D eigenvalue weighted by molar-refractivity contribution is -0.0498. The van der Waals surface area contributed by atoms with Crippen molar-refractivity contribution < 1.29 is 27.1 Å². The molecule has 2 aromatic carbocycles. The molecular weight excluding hydrogens is 368 g/mol. The van der Waals surface area contributed by atoms with Crippen LogP contribution in [0.5, 0.6) is 5.75 Å². The molecule has 0 saturated carbocycles. The second-order valence-corrected chi connectivity index (χ2v) is 5.35. The predicted octanol–water partition coefficient (Wildman–Crippen LogP) is 3.71. The molecule has 1 amide bonds. The number of benzene rings is 2. The lowest BCUT2D eigenvalue weighted by Crippen LogP contribution is -2.14. The first kappa shape index (κ1) is 18.4. The number of nitrogens with zero attached hydrogens (tertiary/aromatic N) is 3. The molecule has 0 saturated heterocycles. The standard InChI is InChI=1S/C17H12F4N4O2/c1-9-22-15(16(26)23-10-2-7-13(18)14(19)8-10)24-25(9)11-3-5-12(6-4-11)27-17(20)21/h2-8,17H,1H3,(H,23,26). The van der Waals surface area contributed by atoms with Crippen LogP contribution in [0.1, 0.15) is 16.4 Å². The largest absolute Gasteiger partial charge is 0.435 e. The maximum absolute atomic E-state index is 13.2. The highest BCUT2D eigenvalue weighted by atomic mass is 19.3. The van der Waals surface area contributed by atoms with Crippen LogP contribution in [-0.2, 0) is 0 Å². The Labute approximate surface area is 150 Å². The number of hydrogen-bond donors (Lipinski definition) is 1. The van der Waals surface area contributed by atoms with Gasteiger partial charge in [0.05, 0.1) is 5.69 Å². The first-order valence-corrected chi connectivity index (χ1v) is 7.59. The Hall–Kier alpha value is -3.43. The molecule has 1 heterocycles. The summed E-state index contributed by atoms with van der Waals surface area (Å²) in [5.41, 5.74) is 0.509. The van der Waals surface area contributed by atoms with E-state index < -0.39 is 24.2 Å². The fourth-order valence-electron chi connectivity index (χ4n) is 2.26. The molecule has 0 aliphatic carbocycles. The van der Waals surface area contributed by atoms with Crippen LogP contribution in [0.4, 0.5) is 23.2 Å². The van der Waals surface area contributed by atoms with Gasteiger partial charge in [0.2, 0.25) is 5.82 Å². The summed E-state index contributed by atoms with van der Waals surface area (Å²) < 4.78 is 56.1. The first-order valence-electron chi connectivity index (χ1n) is 7.59. The smallest absolute Gasteiger partial charge is 0.387 e. The predicted molar refractivity (Wildman–Crippen MR) is 87.0 cm³/mol. The van der Waals surface area contributed by atoms with Gasteiger partial charge < -0.3 is 10.1 Å². The van der Waals surface area contributed by atoms with Gasteiger partial charge in [-0.3, -0.25) is 4.79 Å². The molecule has 27 heavy (non-hydrogen) atoms. The van der Waals surface area contributed by atoms with Gasteiger partial charge in [-0.25, -0.2) is 18.4 Å². The van der Waals surface area contributed by atoms with Crippen LogP contribution in [0.2, 0.25) is 0 Å². The molecule has 3 aromatic rings. The quantitative estimate of drug-likeness (QED) is 0.686. The summed E-state index contributed by atoms with van der Waals surface area (Å²) in [6.45, 7) is -1.35. The molecule has 140 valence electrons. The van der Waals surface area contributed by atoms with Crippen LogP contribution in [0.15, 0.2) is 42.5 Å². The van der Waals surface area contributed by atoms with Gasteiger partial charge in [0.15, 0.2) is 11.6 Å². The Bertz CT molecular complexity index is 974. The van der Waals surface area contributed by atoms with Crippen molar-refractivity contribution in [3.8, 4) is 11.4 Å². The van der Waals surface area contributed by atoms with Gasteiger partial charge in [0.25, 0.3) is 5.91 Å². The maximum Gasteiger partial charge on any atom is 0.387 e. The van der Waals surface area contributed by atoms with Crippen LogP contribution in [0.3, 0.4) is 0 Å². The fraction of sp³-hybridized carbons (Fsp3) is 0.118. The first-order chi connectivity index (χ1) is 12.8. The number of amides is 1. The van der Waals surface area contributed by atoms with Crippen molar-refractivity contribution in [1.29, 1.82) is 0 Å². The van der Waals surface area contributed by atoms with Gasteiger partial charge in [-0.2, -0.15) is 8.78 Å². The zero-order valence-corrected chi connectivity index (χ0v) is 13.8. The Morgan fingerprint density at radius 2 is 1.81 bits per heavy atom. The van der Waals surface area contributed by atoms with Gasteiger partial charge in [-0.05, 0) is 43.3 Å². The van der Waals surface area contributed by atoms with Crippen molar-refractivity contribution in [2.24, 2.45) is 0 Å². The van der Waals surface area contributed by atoms with Gasteiger partial charge in [0, 0.05) is 11.8 Å². The summed E-state index contributed by atoms with van der Waals surface area (Å²) in [4.78, 5) is 16.2. The monoisotopic (exact) mass is 380 g/mol. The maximum atomic E-state index is 13.2. The van der Waals surface area contributed by atoms with E-state index >= 15 is 0 Å². The number of aryl methyl sites for hydroxylation is 1. The van der Waals surface area contributed by atoms with Crippen molar-refractivity contribution in [1.82, 2.24) is 14.8 Å². The van der Waals surface area contributed by atoms with Gasteiger partial charge >= 0.3 is 6.61 Å². The van der Waals surface area contributed by atoms with E-state index in [1.165, 1.54) is 35.0 Å². The molecule has 0 fully saturated rings. The number of halogens is 4. The molecule has 3 rings (SSSR count). The Kier molecular flexibility index (Phi) is 5.06. The third-order valence-corrected chi connectivity index (χ3v) is 3.46. The number of hydrogen-bond acceptors (Lipinski definition) is 4. The molecule has 10 heteroatoms. The Morgan fingerprint density at radius 3 is 2.44 bits per heavy atom. The minimum Gasteiger partial charge on any atom is -0.435 e. The molecule has 0 atom stereocenters. The Morgan fingerprint density at radius 1 is 1.11 bits per heavy atom. The van der Waals surface area contributed by atoms with Crippen LogP contribution in [0, 0.1) is 18.6 Å². The van der Waals surface area contributed by atoms with E-state index in [9.17, 15) is 22.4 Å². The highest BCUT2D eigenvalue weighted by Gasteiger charge is 2.16. The second kappa shape index (κ2) is 7.44. The third kappa shape index (κ3) is 4.22. The van der Waals surface area contributed by atoms with Crippen molar-refractivity contribution in [2.45, 2.75) is 13.5 Å². The van der Waals surface area contributed by atoms with Crippen LogP contribution in [0.25, 0.3) is 5.69 Å². The molecule has 6 nitrogen and oxygen atoms in total. The molecule has 0 aliphatic heterocycles. The van der Waals surface area contributed by atoms with Crippen molar-refractivity contribution in [3.05, 3.63) is 65.7 Å². The van der Waals surface area contributed by atoms with E-state index in [1.54, 1.807) is 6.92 Å². The average molecular weight is 380 g/mol. The van der Waals surface area contributed by atoms with Crippen molar-refractivity contribution >= 4 is 11.6 Å². The average Bonchev–Trinajstić information content (AvgIpc) is 3.00. The zero-order chi connectivity index (χ0) is 19.6. The van der Waals surface area contributed by atoms with Gasteiger partial charge in [-0.1, -0.05) is 0 Å². The summed E-state index contributed by atoms with van der Waals surface area (Å²) in [6.07, 6.45) is 0. The second-order valence-electron chi connectivity index (χ2n) is 5.35. The van der Waals surface area contributed by atoms with E-state index in [0.717, 1.165) is 12.1 Å². The number of rotatable bonds is 5. The molecule has 1 aromatic heterocycles. The summed E-state index contributed by atoms with van der Waals surface area (Å²) >= 11 is 0. The molecule has 0 bridgehead atoms. The van der Waals surface area contributed by atoms with E-state index in [0.29, 0.717) is 11.5 Å². The van der Waals surface area contributed by atoms with Crippen molar-refractivity contribution in [3.63, 3.8) is 0 Å². The summed E-state index contributed by atoms with van der Waals surface area (Å²) in [6, 6.07) is 8.49. The number of alkyl halides is 2. The topological polar surface area (TPSA) is 69.0 Å². The number of ether oxygens (including phenoxy) is 1. The number of carbonyl (C=O) groups is 1. The van der Waals surface area contributed by atoms with E-state index in [4.69, 9.17) is 0 Å². The number of aromatic nitrogens is 3. The molecule has 0 aliphatic rings. The highest BCUT2D eigenvalue weighted by molar-refractivity contribution is 6.01. The molecule has 0 spiro atoms. The van der Waals surface area contributed by atoms with Gasteiger partial charge in [-0.15, -0.1) is 5.10 Å². The molecule has 0 radical (unpaired) electrons. The molecular formula is C17H12F4N4O2. The Balaban J connectivity index is 1.79. The summed E-state index contributed by atoms with van der Waals surface area (Å²) in [5, 5.41) is 6.41. The zero-order valence-electron chi connectivity index (χ0n) is 13.8. The van der Waals surface area contributed by atoms with E-state index in [1.807, 2.05) is 0 Å². The molecule has 1 N–H and O–H groups in total. The lowest BCUT2D eigenvalue weighted by atomic mass is 10.3.